The third-order valence-electron chi connectivity index (χ3n) is 4.38. The molecule has 0 atom stereocenters. The summed E-state index contributed by atoms with van der Waals surface area (Å²) in [5.74, 6) is 2.20. The second-order valence-corrected chi connectivity index (χ2v) is 6.17. The molecule has 0 aliphatic rings. The van der Waals surface area contributed by atoms with Crippen molar-refractivity contribution in [3.63, 3.8) is 0 Å². The molecule has 0 spiro atoms. The van der Waals surface area contributed by atoms with Crippen molar-refractivity contribution in [2.45, 2.75) is 6.92 Å². The van der Waals surface area contributed by atoms with Crippen molar-refractivity contribution in [2.24, 2.45) is 0 Å². The number of aromatic nitrogens is 1. The van der Waals surface area contributed by atoms with Crippen molar-refractivity contribution in [1.82, 2.24) is 4.98 Å². The highest BCUT2D eigenvalue weighted by Gasteiger charge is 2.13. The molecule has 0 aliphatic carbocycles. The number of oxazole rings is 1. The first kappa shape index (κ1) is 16.2. The number of benzene rings is 3. The van der Waals surface area contributed by atoms with Gasteiger partial charge in [-0.2, -0.15) is 0 Å². The number of hydrogen-bond acceptors (Lipinski definition) is 3. The van der Waals surface area contributed by atoms with Crippen molar-refractivity contribution in [3.8, 4) is 39.7 Å². The predicted octanol–water partition coefficient (Wildman–Crippen LogP) is 5.99. The van der Waals surface area contributed by atoms with Gasteiger partial charge in [0.1, 0.15) is 5.75 Å². The van der Waals surface area contributed by atoms with E-state index < -0.39 is 0 Å². The van der Waals surface area contributed by atoms with Crippen LogP contribution in [0.15, 0.2) is 83.4 Å². The average molecular weight is 341 g/mol. The lowest BCUT2D eigenvalue weighted by atomic mass is 9.99. The number of methoxy groups -OCH3 is 1. The monoisotopic (exact) mass is 341 g/mol. The summed E-state index contributed by atoms with van der Waals surface area (Å²) >= 11 is 0. The molecule has 3 aromatic carbocycles. The van der Waals surface area contributed by atoms with E-state index in [4.69, 9.17) is 9.15 Å². The summed E-state index contributed by atoms with van der Waals surface area (Å²) in [6.07, 6.45) is 1.78. The number of hydrogen-bond donors (Lipinski definition) is 0. The van der Waals surface area contributed by atoms with Crippen LogP contribution in [0.1, 0.15) is 5.56 Å². The molecule has 4 rings (SSSR count). The van der Waals surface area contributed by atoms with E-state index in [1.165, 1.54) is 5.56 Å². The summed E-state index contributed by atoms with van der Waals surface area (Å²) in [7, 11) is 1.67. The molecule has 3 heteroatoms. The lowest BCUT2D eigenvalue weighted by molar-refractivity contribution is 0.415. The van der Waals surface area contributed by atoms with E-state index in [1.54, 1.807) is 13.3 Å². The minimum absolute atomic E-state index is 0.610. The maximum absolute atomic E-state index is 6.07. The largest absolute Gasteiger partial charge is 0.497 e. The highest BCUT2D eigenvalue weighted by Crippen LogP contribution is 2.34. The zero-order chi connectivity index (χ0) is 17.9. The molecule has 0 amide bonds. The van der Waals surface area contributed by atoms with Gasteiger partial charge in [-0.25, -0.2) is 4.98 Å². The standard InChI is InChI=1S/C23H19NO2/c1-16-10-12-17(13-11-16)22-15-24-23(26-22)21-9-4-3-8-20(21)18-6-5-7-19(14-18)25-2/h3-15H,1-2H3. The Hall–Kier alpha value is -3.33. The number of ether oxygens (including phenoxy) is 1. The van der Waals surface area contributed by atoms with Crippen LogP contribution >= 0.6 is 0 Å². The van der Waals surface area contributed by atoms with Crippen molar-refractivity contribution in [2.75, 3.05) is 7.11 Å². The Morgan fingerprint density at radius 1 is 0.808 bits per heavy atom. The Balaban J connectivity index is 1.76. The van der Waals surface area contributed by atoms with Crippen LogP contribution in [0.3, 0.4) is 0 Å². The molecule has 0 unspecified atom stereocenters. The van der Waals surface area contributed by atoms with Crippen molar-refractivity contribution >= 4 is 0 Å². The molecule has 0 fully saturated rings. The zero-order valence-electron chi connectivity index (χ0n) is 14.8. The Morgan fingerprint density at radius 3 is 2.35 bits per heavy atom. The molecule has 1 heterocycles. The summed E-state index contributed by atoms with van der Waals surface area (Å²) in [6, 6.07) is 24.3. The summed E-state index contributed by atoms with van der Waals surface area (Å²) in [4.78, 5) is 4.52. The van der Waals surface area contributed by atoms with Gasteiger partial charge < -0.3 is 9.15 Å². The first-order valence-corrected chi connectivity index (χ1v) is 8.51. The van der Waals surface area contributed by atoms with E-state index in [1.807, 2.05) is 48.5 Å². The fourth-order valence-electron chi connectivity index (χ4n) is 2.96. The van der Waals surface area contributed by atoms with Crippen LogP contribution in [0.25, 0.3) is 33.9 Å². The predicted molar refractivity (Wildman–Crippen MR) is 104 cm³/mol. The normalized spacial score (nSPS) is 10.7. The van der Waals surface area contributed by atoms with Crippen LogP contribution < -0.4 is 4.74 Å². The van der Waals surface area contributed by atoms with Gasteiger partial charge in [0, 0.05) is 11.1 Å². The molecule has 3 nitrogen and oxygen atoms in total. The lowest BCUT2D eigenvalue weighted by Crippen LogP contribution is -1.87. The van der Waals surface area contributed by atoms with Crippen LogP contribution in [0, 0.1) is 6.92 Å². The van der Waals surface area contributed by atoms with E-state index in [9.17, 15) is 0 Å². The third-order valence-corrected chi connectivity index (χ3v) is 4.38. The molecular formula is C23H19NO2. The van der Waals surface area contributed by atoms with Gasteiger partial charge in [0.25, 0.3) is 0 Å². The number of rotatable bonds is 4. The molecule has 26 heavy (non-hydrogen) atoms. The summed E-state index contributed by atoms with van der Waals surface area (Å²) in [5.41, 5.74) is 5.32. The minimum atomic E-state index is 0.610. The SMILES string of the molecule is COc1cccc(-c2ccccc2-c2ncc(-c3ccc(C)cc3)o2)c1. The number of nitrogens with zero attached hydrogens (tertiary/aromatic N) is 1. The van der Waals surface area contributed by atoms with Gasteiger partial charge >= 0.3 is 0 Å². The minimum Gasteiger partial charge on any atom is -0.497 e. The van der Waals surface area contributed by atoms with Gasteiger partial charge in [0.2, 0.25) is 5.89 Å². The second-order valence-electron chi connectivity index (χ2n) is 6.17. The molecule has 0 saturated carbocycles. The van der Waals surface area contributed by atoms with Gasteiger partial charge in [-0.05, 0) is 36.2 Å². The van der Waals surface area contributed by atoms with Crippen molar-refractivity contribution in [3.05, 3.63) is 84.6 Å². The first-order valence-electron chi connectivity index (χ1n) is 8.51. The van der Waals surface area contributed by atoms with Crippen molar-refractivity contribution in [1.29, 1.82) is 0 Å². The third kappa shape index (κ3) is 3.11. The Morgan fingerprint density at radius 2 is 1.58 bits per heavy atom. The Labute approximate surface area is 152 Å². The Kier molecular flexibility index (Phi) is 4.28. The van der Waals surface area contributed by atoms with E-state index >= 15 is 0 Å². The molecule has 0 radical (unpaired) electrons. The highest BCUT2D eigenvalue weighted by atomic mass is 16.5. The Bertz CT molecular complexity index is 1030. The van der Waals surface area contributed by atoms with Gasteiger partial charge in [0.05, 0.1) is 13.3 Å². The van der Waals surface area contributed by atoms with Crippen LogP contribution in [0.5, 0.6) is 5.75 Å². The van der Waals surface area contributed by atoms with E-state index in [0.717, 1.165) is 33.8 Å². The summed E-state index contributed by atoms with van der Waals surface area (Å²) < 4.78 is 11.4. The lowest BCUT2D eigenvalue weighted by Gasteiger charge is -2.08. The number of aryl methyl sites for hydroxylation is 1. The van der Waals surface area contributed by atoms with E-state index in [0.29, 0.717) is 5.89 Å². The molecule has 1 aromatic heterocycles. The van der Waals surface area contributed by atoms with Crippen LogP contribution in [-0.2, 0) is 0 Å². The molecule has 0 bridgehead atoms. The topological polar surface area (TPSA) is 35.3 Å². The van der Waals surface area contributed by atoms with Crippen LogP contribution in [0.2, 0.25) is 0 Å². The van der Waals surface area contributed by atoms with Crippen LogP contribution in [0.4, 0.5) is 0 Å². The molecule has 0 aliphatic heterocycles. The van der Waals surface area contributed by atoms with Crippen LogP contribution in [-0.4, -0.2) is 12.1 Å². The molecule has 4 aromatic rings. The van der Waals surface area contributed by atoms with Gasteiger partial charge in [-0.3, -0.25) is 0 Å². The maximum atomic E-state index is 6.07. The zero-order valence-corrected chi connectivity index (χ0v) is 14.8. The molecule has 128 valence electrons. The molecule has 0 N–H and O–H groups in total. The van der Waals surface area contributed by atoms with Gasteiger partial charge in [-0.1, -0.05) is 60.2 Å². The fraction of sp³-hybridized carbons (Fsp3) is 0.0870. The fourth-order valence-corrected chi connectivity index (χ4v) is 2.96. The first-order chi connectivity index (χ1) is 12.7. The average Bonchev–Trinajstić information content (AvgIpc) is 3.18. The van der Waals surface area contributed by atoms with Gasteiger partial charge in [-0.15, -0.1) is 0 Å². The smallest absolute Gasteiger partial charge is 0.227 e. The second kappa shape index (κ2) is 6.89. The van der Waals surface area contributed by atoms with Gasteiger partial charge in [0.15, 0.2) is 5.76 Å². The van der Waals surface area contributed by atoms with E-state index in [-0.39, 0.29) is 0 Å². The molecule has 0 saturated heterocycles. The van der Waals surface area contributed by atoms with E-state index in [2.05, 4.69) is 36.2 Å². The molecular weight excluding hydrogens is 322 g/mol. The summed E-state index contributed by atoms with van der Waals surface area (Å²) in [6.45, 7) is 2.07. The quantitative estimate of drug-likeness (QED) is 0.457. The maximum Gasteiger partial charge on any atom is 0.227 e. The highest BCUT2D eigenvalue weighted by molar-refractivity contribution is 5.81. The summed E-state index contributed by atoms with van der Waals surface area (Å²) in [5, 5.41) is 0. The van der Waals surface area contributed by atoms with Crippen molar-refractivity contribution < 1.29 is 9.15 Å².